The van der Waals surface area contributed by atoms with Crippen LogP contribution in [0.4, 0.5) is 0 Å². The van der Waals surface area contributed by atoms with Gasteiger partial charge >= 0.3 is 0 Å². The van der Waals surface area contributed by atoms with Crippen LogP contribution in [0.2, 0.25) is 0 Å². The topological polar surface area (TPSA) is 137 Å². The monoisotopic (exact) mass is 299 g/mol. The number of carboxylic acid groups (broad SMARTS) is 2. The summed E-state index contributed by atoms with van der Waals surface area (Å²) in [6.07, 6.45) is -0.726. The summed E-state index contributed by atoms with van der Waals surface area (Å²) in [6, 6.07) is 4.68. The molecule has 20 heavy (non-hydrogen) atoms. The largest absolute Gasteiger partial charge is 0.744 e. The first-order chi connectivity index (χ1) is 9.20. The average Bonchev–Trinajstić information content (AvgIpc) is 2.33. The Bertz CT molecular complexity index is 589. The smallest absolute Gasteiger partial charge is 0.124 e. The molecule has 7 nitrogen and oxygen atoms in total. The van der Waals surface area contributed by atoms with E-state index in [0.29, 0.717) is 5.56 Å². The fourth-order valence-corrected chi connectivity index (χ4v) is 2.26. The molecule has 0 aromatic heterocycles. The molecule has 0 saturated heterocycles. The number of hydrogen-bond donors (Lipinski definition) is 0. The molecule has 8 heteroatoms. The number of carboxylic acids is 2. The van der Waals surface area contributed by atoms with Crippen molar-refractivity contribution in [2.45, 2.75) is 30.1 Å². The lowest BCUT2D eigenvalue weighted by molar-refractivity contribution is -0.309. The van der Waals surface area contributed by atoms with Crippen LogP contribution in [0.25, 0.3) is 0 Å². The van der Waals surface area contributed by atoms with Crippen molar-refractivity contribution in [3.8, 4) is 0 Å². The maximum absolute atomic E-state index is 10.8. The fourth-order valence-electron chi connectivity index (χ4n) is 1.79. The quantitative estimate of drug-likeness (QED) is 0.549. The van der Waals surface area contributed by atoms with E-state index in [1.807, 2.05) is 0 Å². The van der Waals surface area contributed by atoms with Gasteiger partial charge in [0.1, 0.15) is 10.1 Å². The third-order valence-corrected chi connectivity index (χ3v) is 3.60. The van der Waals surface area contributed by atoms with Crippen molar-refractivity contribution < 1.29 is 32.8 Å². The second-order valence-corrected chi connectivity index (χ2v) is 5.59. The average molecular weight is 299 g/mol. The molecule has 0 heterocycles. The summed E-state index contributed by atoms with van der Waals surface area (Å²) in [6.45, 7) is 0. The molecule has 0 aliphatic carbocycles. The Morgan fingerprint density at radius 1 is 1.05 bits per heavy atom. The van der Waals surface area contributed by atoms with E-state index in [9.17, 15) is 32.8 Å². The molecule has 0 saturated carbocycles. The minimum atomic E-state index is -4.58. The molecule has 0 fully saturated rings. The zero-order chi connectivity index (χ0) is 15.3. The number of carbonyl (C=O) groups is 2. The molecular weight excluding hydrogens is 288 g/mol. The predicted molar refractivity (Wildman–Crippen MR) is 61.0 cm³/mol. The Labute approximate surface area is 115 Å². The maximum Gasteiger partial charge on any atom is 0.124 e. The first kappa shape index (κ1) is 16.1. The Kier molecular flexibility index (Phi) is 5.23. The molecule has 0 spiro atoms. The SMILES string of the molecule is O=C([O-])CCC(CC(=O)[O-])c1ccc(S(=O)(=O)[O-])cc1. The van der Waals surface area contributed by atoms with Crippen LogP contribution >= 0.6 is 0 Å². The van der Waals surface area contributed by atoms with Crippen LogP contribution in [0.1, 0.15) is 30.7 Å². The van der Waals surface area contributed by atoms with Gasteiger partial charge in [-0.2, -0.15) is 0 Å². The molecule has 1 aromatic rings. The third-order valence-electron chi connectivity index (χ3n) is 2.75. The summed E-state index contributed by atoms with van der Waals surface area (Å²) in [5.74, 6) is -3.32. The molecule has 0 aliphatic rings. The first-order valence-electron chi connectivity index (χ1n) is 5.65. The van der Waals surface area contributed by atoms with Crippen LogP contribution in [0.3, 0.4) is 0 Å². The Balaban J connectivity index is 2.95. The van der Waals surface area contributed by atoms with E-state index in [2.05, 4.69) is 0 Å². The van der Waals surface area contributed by atoms with Gasteiger partial charge in [-0.1, -0.05) is 12.1 Å². The van der Waals surface area contributed by atoms with Crippen molar-refractivity contribution in [3.63, 3.8) is 0 Å². The van der Waals surface area contributed by atoms with Gasteiger partial charge in [-0.15, -0.1) is 0 Å². The minimum absolute atomic E-state index is 0.0137. The zero-order valence-electron chi connectivity index (χ0n) is 10.3. The number of carbonyl (C=O) groups excluding carboxylic acids is 2. The van der Waals surface area contributed by atoms with Crippen LogP contribution < -0.4 is 10.2 Å². The lowest BCUT2D eigenvalue weighted by Gasteiger charge is -2.19. The lowest BCUT2D eigenvalue weighted by atomic mass is 9.91. The zero-order valence-corrected chi connectivity index (χ0v) is 11.1. The molecule has 0 aliphatic heterocycles. The standard InChI is InChI=1S/C12H14O7S/c13-11(14)6-3-9(7-12(15)16)8-1-4-10(5-2-8)20(17,18)19/h1-2,4-5,9H,3,6-7H2,(H,13,14)(H,15,16)(H,17,18,19)/p-3. The normalized spacial score (nSPS) is 12.8. The highest BCUT2D eigenvalue weighted by atomic mass is 32.2. The summed E-state index contributed by atoms with van der Waals surface area (Å²) in [7, 11) is -4.58. The second kappa shape index (κ2) is 6.49. The van der Waals surface area contributed by atoms with Gasteiger partial charge in [0, 0.05) is 11.9 Å². The summed E-state index contributed by atoms with van der Waals surface area (Å²) >= 11 is 0. The number of benzene rings is 1. The van der Waals surface area contributed by atoms with Gasteiger partial charge < -0.3 is 24.4 Å². The van der Waals surface area contributed by atoms with Crippen molar-refractivity contribution in [1.82, 2.24) is 0 Å². The number of aliphatic carboxylic acids is 2. The van der Waals surface area contributed by atoms with Gasteiger partial charge in [0.05, 0.1) is 4.90 Å². The fraction of sp³-hybridized carbons (Fsp3) is 0.333. The van der Waals surface area contributed by atoms with Gasteiger partial charge in [0.2, 0.25) is 0 Å². The molecule has 0 N–H and O–H groups in total. The van der Waals surface area contributed by atoms with Crippen molar-refractivity contribution in [3.05, 3.63) is 29.8 Å². The summed E-state index contributed by atoms with van der Waals surface area (Å²) < 4.78 is 32.3. The summed E-state index contributed by atoms with van der Waals surface area (Å²) in [5.41, 5.74) is 0.419. The number of hydrogen-bond acceptors (Lipinski definition) is 7. The van der Waals surface area contributed by atoms with Crippen LogP contribution in [0, 0.1) is 0 Å². The summed E-state index contributed by atoms with van der Waals surface area (Å²) in [4.78, 5) is 20.6. The number of rotatable bonds is 7. The summed E-state index contributed by atoms with van der Waals surface area (Å²) in [5, 5.41) is 21.0. The lowest BCUT2D eigenvalue weighted by Crippen LogP contribution is -2.26. The highest BCUT2D eigenvalue weighted by Crippen LogP contribution is 2.25. The molecule has 1 unspecified atom stereocenters. The molecule has 0 amide bonds. The Hall–Kier alpha value is -1.93. The first-order valence-corrected chi connectivity index (χ1v) is 7.06. The predicted octanol–water partition coefficient (Wildman–Crippen LogP) is -1.66. The van der Waals surface area contributed by atoms with Crippen LogP contribution in [0.15, 0.2) is 29.2 Å². The van der Waals surface area contributed by atoms with Crippen LogP contribution in [-0.2, 0) is 19.7 Å². The molecule has 0 bridgehead atoms. The molecule has 1 rings (SSSR count). The van der Waals surface area contributed by atoms with E-state index in [4.69, 9.17) is 0 Å². The molecule has 110 valence electrons. The van der Waals surface area contributed by atoms with E-state index in [0.717, 1.165) is 12.1 Å². The Morgan fingerprint density at radius 3 is 2.00 bits per heavy atom. The highest BCUT2D eigenvalue weighted by Gasteiger charge is 2.13. The van der Waals surface area contributed by atoms with Gasteiger partial charge in [0.25, 0.3) is 0 Å². The highest BCUT2D eigenvalue weighted by molar-refractivity contribution is 7.85. The van der Waals surface area contributed by atoms with Crippen molar-refractivity contribution >= 4 is 22.1 Å². The minimum Gasteiger partial charge on any atom is -0.744 e. The van der Waals surface area contributed by atoms with Crippen LogP contribution in [0.5, 0.6) is 0 Å². The van der Waals surface area contributed by atoms with Gasteiger partial charge in [0.15, 0.2) is 0 Å². The van der Waals surface area contributed by atoms with E-state index >= 15 is 0 Å². The van der Waals surface area contributed by atoms with Crippen molar-refractivity contribution in [2.75, 3.05) is 0 Å². The Morgan fingerprint density at radius 2 is 1.60 bits per heavy atom. The van der Waals surface area contributed by atoms with Gasteiger partial charge in [-0.25, -0.2) is 8.42 Å². The molecule has 1 aromatic carbocycles. The van der Waals surface area contributed by atoms with Gasteiger partial charge in [-0.05, 0) is 42.9 Å². The van der Waals surface area contributed by atoms with Crippen molar-refractivity contribution in [1.29, 1.82) is 0 Å². The van der Waals surface area contributed by atoms with E-state index in [1.165, 1.54) is 12.1 Å². The van der Waals surface area contributed by atoms with E-state index in [-0.39, 0.29) is 12.8 Å². The molecular formula is C12H11O7S-3. The van der Waals surface area contributed by atoms with E-state index in [1.54, 1.807) is 0 Å². The van der Waals surface area contributed by atoms with E-state index < -0.39 is 39.3 Å². The molecule has 0 radical (unpaired) electrons. The third kappa shape index (κ3) is 4.98. The molecule has 1 atom stereocenters. The van der Waals surface area contributed by atoms with Gasteiger partial charge in [-0.3, -0.25) is 0 Å². The second-order valence-electron chi connectivity index (χ2n) is 4.21. The van der Waals surface area contributed by atoms with Crippen LogP contribution in [-0.4, -0.2) is 24.9 Å². The maximum atomic E-state index is 10.8. The van der Waals surface area contributed by atoms with Crippen molar-refractivity contribution in [2.24, 2.45) is 0 Å².